The van der Waals surface area contributed by atoms with Crippen molar-refractivity contribution in [3.8, 4) is 34.0 Å². The Morgan fingerprint density at radius 3 is 2.22 bits per heavy atom. The Bertz CT molecular complexity index is 1420. The van der Waals surface area contributed by atoms with Gasteiger partial charge < -0.3 is 20.4 Å². The van der Waals surface area contributed by atoms with Crippen LogP contribution in [0.2, 0.25) is 0 Å². The van der Waals surface area contributed by atoms with Gasteiger partial charge in [-0.25, -0.2) is 4.98 Å². The van der Waals surface area contributed by atoms with Gasteiger partial charge in [-0.1, -0.05) is 62.5 Å². The van der Waals surface area contributed by atoms with Crippen LogP contribution in [-0.2, 0) is 39.3 Å². The van der Waals surface area contributed by atoms with E-state index in [1.54, 1.807) is 12.4 Å². The van der Waals surface area contributed by atoms with Gasteiger partial charge in [-0.05, 0) is 66.0 Å². The topological polar surface area (TPSA) is 92.6 Å². The molecule has 0 fully saturated rings. The summed E-state index contributed by atoms with van der Waals surface area (Å²) in [5.41, 5.74) is 8.81. The minimum Gasteiger partial charge on any atom is -0.573 e. The third-order valence-electron chi connectivity index (χ3n) is 6.29. The molecule has 7 nitrogen and oxygen atoms in total. The quantitative estimate of drug-likeness (QED) is 0.253. The summed E-state index contributed by atoms with van der Waals surface area (Å²) in [6.45, 7) is 6.59. The van der Waals surface area contributed by atoms with Gasteiger partial charge >= 0.3 is 21.1 Å². The summed E-state index contributed by atoms with van der Waals surface area (Å²) in [5, 5.41) is 17.3. The van der Waals surface area contributed by atoms with Crippen LogP contribution >= 0.6 is 0 Å². The fourth-order valence-corrected chi connectivity index (χ4v) is 4.26. The molecule has 0 spiro atoms. The number of benzene rings is 1. The van der Waals surface area contributed by atoms with Gasteiger partial charge in [0.15, 0.2) is 0 Å². The molecule has 37 heavy (non-hydrogen) atoms. The number of hydrogen-bond acceptors (Lipinski definition) is 5. The molecule has 5 aromatic rings. The maximum atomic E-state index is 4.73. The Kier molecular flexibility index (Phi) is 8.44. The van der Waals surface area contributed by atoms with Crippen molar-refractivity contribution in [1.29, 1.82) is 0 Å². The molecule has 4 heterocycles. The van der Waals surface area contributed by atoms with Crippen LogP contribution in [0.4, 0.5) is 0 Å². The normalized spacial score (nSPS) is 12.6. The van der Waals surface area contributed by atoms with Crippen LogP contribution in [0.5, 0.6) is 0 Å². The molecule has 0 saturated carbocycles. The average molecular weight is 671 g/mol. The van der Waals surface area contributed by atoms with Gasteiger partial charge in [0, 0.05) is 23.8 Å². The zero-order chi connectivity index (χ0) is 25.0. The first-order valence-electron chi connectivity index (χ1n) is 12.3. The molecule has 0 amide bonds. The zero-order valence-corrected chi connectivity index (χ0v) is 23.5. The van der Waals surface area contributed by atoms with Gasteiger partial charge in [-0.15, -0.1) is 0 Å². The summed E-state index contributed by atoms with van der Waals surface area (Å²) < 4.78 is 0. The van der Waals surface area contributed by atoms with Crippen LogP contribution < -0.4 is 10.2 Å². The number of hydrogen-bond donors (Lipinski definition) is 0. The number of aromatic nitrogens is 7. The molecule has 1 aromatic carbocycles. The molecule has 0 bridgehead atoms. The van der Waals surface area contributed by atoms with E-state index in [9.17, 15) is 0 Å². The summed E-state index contributed by atoms with van der Waals surface area (Å²) in [7, 11) is 0. The Balaban J connectivity index is 0.000000248. The fourth-order valence-electron chi connectivity index (χ4n) is 4.26. The molecule has 1 aliphatic carbocycles. The van der Waals surface area contributed by atoms with E-state index in [1.807, 2.05) is 48.8 Å². The Morgan fingerprint density at radius 1 is 0.757 bits per heavy atom. The third-order valence-corrected chi connectivity index (χ3v) is 6.29. The van der Waals surface area contributed by atoms with Crippen molar-refractivity contribution in [2.24, 2.45) is 0 Å². The van der Waals surface area contributed by atoms with Crippen LogP contribution in [-0.4, -0.2) is 25.1 Å². The van der Waals surface area contributed by atoms with E-state index in [4.69, 9.17) is 4.98 Å². The summed E-state index contributed by atoms with van der Waals surface area (Å²) in [6, 6.07) is 16.0. The van der Waals surface area contributed by atoms with Crippen LogP contribution in [0, 0.1) is 0 Å². The van der Waals surface area contributed by atoms with Crippen LogP contribution in [0.25, 0.3) is 34.0 Å². The van der Waals surface area contributed by atoms with E-state index in [-0.39, 0.29) is 26.5 Å². The zero-order valence-electron chi connectivity index (χ0n) is 21.2. The largest absolute Gasteiger partial charge is 2.00 e. The summed E-state index contributed by atoms with van der Waals surface area (Å²) >= 11 is 0. The number of fused-ring (bicyclic) bond motifs is 1. The smallest absolute Gasteiger partial charge is 0.573 e. The second kappa shape index (κ2) is 11.7. The van der Waals surface area contributed by atoms with E-state index in [2.05, 4.69) is 63.3 Å². The van der Waals surface area contributed by atoms with Crippen molar-refractivity contribution in [2.45, 2.75) is 51.9 Å². The third kappa shape index (κ3) is 6.28. The molecule has 0 radical (unpaired) electrons. The van der Waals surface area contributed by atoms with Crippen LogP contribution in [0.15, 0.2) is 73.3 Å². The number of pyridine rings is 1. The van der Waals surface area contributed by atoms with Crippen LogP contribution in [0.1, 0.15) is 50.4 Å². The van der Waals surface area contributed by atoms with Gasteiger partial charge in [-0.2, -0.15) is 0 Å². The standard InChI is InChI=1S/C20H16N6.C9H13N.Pt/c1-2-6-13(7-3-1)16-10-17(25-24-16)18-11-21-12-19(22-18)20-14-8-4-5-9-15(14)23-26-20;1-9(2,3)8-4-6-10-7-5-8;/h1-3,6-7,10-12H,4-5,8-9H2;4-7H,1-3H3;/q-2;;+2. The maximum Gasteiger partial charge on any atom is 2.00 e. The minimum atomic E-state index is 0. The maximum absolute atomic E-state index is 4.73. The van der Waals surface area contributed by atoms with Crippen molar-refractivity contribution < 1.29 is 21.1 Å². The van der Waals surface area contributed by atoms with E-state index >= 15 is 0 Å². The average Bonchev–Trinajstić information content (AvgIpc) is 3.58. The van der Waals surface area contributed by atoms with E-state index < -0.39 is 0 Å². The van der Waals surface area contributed by atoms with Crippen molar-refractivity contribution in [3.63, 3.8) is 0 Å². The van der Waals surface area contributed by atoms with Gasteiger partial charge in [-0.3, -0.25) is 9.97 Å². The van der Waals surface area contributed by atoms with E-state index in [1.165, 1.54) is 24.0 Å². The minimum absolute atomic E-state index is 0. The van der Waals surface area contributed by atoms with Gasteiger partial charge in [0.2, 0.25) is 0 Å². The molecule has 0 N–H and O–H groups in total. The second-order valence-corrected chi connectivity index (χ2v) is 9.94. The van der Waals surface area contributed by atoms with E-state index in [0.717, 1.165) is 41.2 Å². The first-order chi connectivity index (χ1) is 17.5. The predicted octanol–water partition coefficient (Wildman–Crippen LogP) is 5.44. The van der Waals surface area contributed by atoms with Gasteiger partial charge in [0.1, 0.15) is 0 Å². The first-order valence-corrected chi connectivity index (χ1v) is 12.3. The molecular weight excluding hydrogens is 641 g/mol. The second-order valence-electron chi connectivity index (χ2n) is 9.94. The van der Waals surface area contributed by atoms with E-state index in [0.29, 0.717) is 11.4 Å². The predicted molar refractivity (Wildman–Crippen MR) is 140 cm³/mol. The molecule has 4 aromatic heterocycles. The number of aryl methyl sites for hydroxylation is 1. The Labute approximate surface area is 231 Å². The van der Waals surface area contributed by atoms with Crippen molar-refractivity contribution >= 4 is 0 Å². The Hall–Kier alpha value is -3.44. The molecule has 190 valence electrons. The summed E-state index contributed by atoms with van der Waals surface area (Å²) in [5.74, 6) is 0. The van der Waals surface area contributed by atoms with Crippen molar-refractivity contribution in [1.82, 2.24) is 35.3 Å². The van der Waals surface area contributed by atoms with Gasteiger partial charge in [0.05, 0.1) is 23.8 Å². The molecule has 1 aliphatic rings. The molecule has 8 heteroatoms. The SMILES string of the molecule is CC(C)(C)c1ccncc1.[Pt+2].c1ccc(-c2cc(-c3cncc(-c4[n-]nc5c4CCCC5)n3)[n-]n2)cc1. The molecule has 0 saturated heterocycles. The van der Waals surface area contributed by atoms with Crippen molar-refractivity contribution in [3.05, 3.63) is 90.1 Å². The summed E-state index contributed by atoms with van der Waals surface area (Å²) in [6.07, 6.45) is 11.5. The molecular formula is C29H29N7Pt. The molecule has 0 aliphatic heterocycles. The number of nitrogens with zero attached hydrogens (tertiary/aromatic N) is 7. The molecule has 6 rings (SSSR count). The van der Waals surface area contributed by atoms with Gasteiger partial charge in [0.25, 0.3) is 0 Å². The number of rotatable bonds is 3. The molecule has 0 unspecified atom stereocenters. The molecule has 0 atom stereocenters. The van der Waals surface area contributed by atoms with Crippen LogP contribution in [0.3, 0.4) is 0 Å². The first kappa shape index (κ1) is 26.6. The summed E-state index contributed by atoms with van der Waals surface area (Å²) in [4.78, 5) is 13.0. The fraction of sp³-hybridized carbons (Fsp3) is 0.276. The monoisotopic (exact) mass is 670 g/mol. The van der Waals surface area contributed by atoms with Crippen molar-refractivity contribution in [2.75, 3.05) is 0 Å². The Morgan fingerprint density at radius 2 is 1.49 bits per heavy atom.